The number of benzene rings is 2. The van der Waals surface area contributed by atoms with E-state index >= 15 is 0 Å². The van der Waals surface area contributed by atoms with Gasteiger partial charge in [-0.15, -0.1) is 20.4 Å². The van der Waals surface area contributed by atoms with E-state index in [2.05, 4.69) is 48.2 Å². The second-order valence-electron chi connectivity index (χ2n) is 6.18. The van der Waals surface area contributed by atoms with Gasteiger partial charge in [0.2, 0.25) is 5.66 Å². The molecule has 0 aliphatic carbocycles. The van der Waals surface area contributed by atoms with Crippen molar-refractivity contribution in [3.05, 3.63) is 81.9 Å². The zero-order chi connectivity index (χ0) is 19.7. The van der Waals surface area contributed by atoms with Gasteiger partial charge >= 0.3 is 0 Å². The summed E-state index contributed by atoms with van der Waals surface area (Å²) in [7, 11) is 0. The lowest BCUT2D eigenvalue weighted by molar-refractivity contribution is 0.103. The van der Waals surface area contributed by atoms with Crippen molar-refractivity contribution in [2.45, 2.75) is 17.0 Å². The molecule has 0 N–H and O–H groups in total. The number of hydrogen-bond donors (Lipinski definition) is 0. The van der Waals surface area contributed by atoms with Crippen molar-refractivity contribution in [2.24, 2.45) is 15.4 Å². The van der Waals surface area contributed by atoms with Gasteiger partial charge in [-0.25, -0.2) is 0 Å². The van der Waals surface area contributed by atoms with Gasteiger partial charge in [-0.1, -0.05) is 70.6 Å². The molecule has 2 heterocycles. The summed E-state index contributed by atoms with van der Waals surface area (Å²) in [5.74, 6) is 1.19. The first-order valence-electron chi connectivity index (χ1n) is 8.40. The van der Waals surface area contributed by atoms with Gasteiger partial charge in [0.1, 0.15) is 11.6 Å². The summed E-state index contributed by atoms with van der Waals surface area (Å²) in [6.07, 6.45) is 1.60. The molecule has 3 aromatic rings. The number of aromatic nitrogens is 3. The molecule has 0 amide bonds. The fourth-order valence-corrected chi connectivity index (χ4v) is 3.94. The monoisotopic (exact) mass is 504 g/mol. The fraction of sp³-hybridized carbons (Fsp3) is 0.158. The quantitative estimate of drug-likeness (QED) is 0.290. The number of hydrogen-bond acceptors (Lipinski definition) is 6. The standard InChI is InChI=1S/C19H14ClIN6O/c1-12-23-24-17(10-21)27(12)19(11-22-26-25-19)16-8-7-14(20)9-15(16)18(28)13-5-3-2-4-6-13/h2-9,11H,10H2,1H3. The van der Waals surface area contributed by atoms with Crippen LogP contribution in [0.5, 0.6) is 0 Å². The topological polar surface area (TPSA) is 84.9 Å². The minimum absolute atomic E-state index is 0.158. The lowest BCUT2D eigenvalue weighted by Gasteiger charge is -2.27. The third kappa shape index (κ3) is 3.06. The molecule has 1 aromatic heterocycles. The minimum atomic E-state index is -1.14. The Hall–Kier alpha value is -2.46. The number of carbonyl (C=O) groups excluding carboxylic acids is 1. The van der Waals surface area contributed by atoms with Crippen molar-refractivity contribution < 1.29 is 4.79 Å². The van der Waals surface area contributed by atoms with Crippen molar-refractivity contribution in [1.82, 2.24) is 14.8 Å². The van der Waals surface area contributed by atoms with Crippen LogP contribution in [0.1, 0.15) is 33.1 Å². The highest BCUT2D eigenvalue weighted by molar-refractivity contribution is 14.1. The molecule has 0 spiro atoms. The first-order chi connectivity index (χ1) is 13.6. The second kappa shape index (κ2) is 7.51. The summed E-state index contributed by atoms with van der Waals surface area (Å²) in [5.41, 5.74) is 0.462. The number of aryl methyl sites for hydroxylation is 1. The molecular formula is C19H14ClIN6O. The van der Waals surface area contributed by atoms with E-state index in [-0.39, 0.29) is 5.78 Å². The van der Waals surface area contributed by atoms with Crippen LogP contribution in [-0.4, -0.2) is 26.8 Å². The number of ketones is 1. The fourth-order valence-electron chi connectivity index (χ4n) is 3.28. The highest BCUT2D eigenvalue weighted by Crippen LogP contribution is 2.36. The highest BCUT2D eigenvalue weighted by Gasteiger charge is 2.42. The largest absolute Gasteiger partial charge is 0.289 e. The molecular weight excluding hydrogens is 491 g/mol. The van der Waals surface area contributed by atoms with Crippen LogP contribution in [0.4, 0.5) is 0 Å². The van der Waals surface area contributed by atoms with Gasteiger partial charge < -0.3 is 0 Å². The van der Waals surface area contributed by atoms with Gasteiger partial charge in [-0.3, -0.25) is 9.36 Å². The Bertz CT molecular complexity index is 1100. The Balaban J connectivity index is 1.98. The first kappa shape index (κ1) is 18.9. The third-order valence-electron chi connectivity index (χ3n) is 4.50. The van der Waals surface area contributed by atoms with Crippen LogP contribution in [-0.2, 0) is 10.1 Å². The van der Waals surface area contributed by atoms with Gasteiger partial charge in [0.25, 0.3) is 0 Å². The molecule has 1 aliphatic heterocycles. The average Bonchev–Trinajstić information content (AvgIpc) is 3.35. The van der Waals surface area contributed by atoms with Gasteiger partial charge in [-0.2, -0.15) is 0 Å². The molecule has 0 bridgehead atoms. The van der Waals surface area contributed by atoms with E-state index in [1.807, 2.05) is 29.7 Å². The number of nitrogens with zero attached hydrogens (tertiary/aromatic N) is 6. The Morgan fingerprint density at radius 1 is 1.18 bits per heavy atom. The Morgan fingerprint density at radius 2 is 1.96 bits per heavy atom. The smallest absolute Gasteiger partial charge is 0.225 e. The molecule has 28 heavy (non-hydrogen) atoms. The van der Waals surface area contributed by atoms with Crippen molar-refractivity contribution in [3.63, 3.8) is 0 Å². The molecule has 0 saturated carbocycles. The van der Waals surface area contributed by atoms with E-state index in [0.717, 1.165) is 0 Å². The second-order valence-corrected chi connectivity index (χ2v) is 7.38. The van der Waals surface area contributed by atoms with Crippen LogP contribution in [0.15, 0.2) is 64.0 Å². The van der Waals surface area contributed by atoms with Crippen LogP contribution in [0.2, 0.25) is 5.02 Å². The Kier molecular flexibility index (Phi) is 5.07. The molecule has 1 atom stereocenters. The predicted octanol–water partition coefficient (Wildman–Crippen LogP) is 4.56. The van der Waals surface area contributed by atoms with Gasteiger partial charge in [0, 0.05) is 21.7 Å². The lowest BCUT2D eigenvalue weighted by atomic mass is 9.90. The van der Waals surface area contributed by atoms with Crippen molar-refractivity contribution in [2.75, 3.05) is 0 Å². The van der Waals surface area contributed by atoms with E-state index in [4.69, 9.17) is 11.6 Å². The van der Waals surface area contributed by atoms with Crippen molar-refractivity contribution in [3.8, 4) is 0 Å². The molecule has 0 fully saturated rings. The molecule has 1 unspecified atom stereocenters. The molecule has 1 aliphatic rings. The maximum atomic E-state index is 13.3. The highest BCUT2D eigenvalue weighted by atomic mass is 127. The SMILES string of the molecule is Cc1nnc(CI)n1C1(c2ccc(Cl)cc2C(=O)c2ccccc2)C=NN=N1. The summed E-state index contributed by atoms with van der Waals surface area (Å²) >= 11 is 8.46. The van der Waals surface area contributed by atoms with Gasteiger partial charge in [-0.05, 0) is 24.3 Å². The summed E-state index contributed by atoms with van der Waals surface area (Å²) in [6, 6.07) is 14.2. The Labute approximate surface area is 179 Å². The molecule has 7 nitrogen and oxygen atoms in total. The Morgan fingerprint density at radius 3 is 2.64 bits per heavy atom. The van der Waals surface area contributed by atoms with Gasteiger partial charge in [0.05, 0.1) is 10.6 Å². The number of carbonyl (C=O) groups is 1. The average molecular weight is 505 g/mol. The molecule has 4 rings (SSSR count). The van der Waals surface area contributed by atoms with E-state index < -0.39 is 5.66 Å². The van der Waals surface area contributed by atoms with Crippen LogP contribution in [0.3, 0.4) is 0 Å². The maximum Gasteiger partial charge on any atom is 0.225 e. The number of rotatable bonds is 5. The summed E-state index contributed by atoms with van der Waals surface area (Å²) < 4.78 is 2.46. The molecule has 0 radical (unpaired) electrons. The number of halogens is 2. The number of alkyl halides is 1. The van der Waals surface area contributed by atoms with Crippen LogP contribution >= 0.6 is 34.2 Å². The minimum Gasteiger partial charge on any atom is -0.289 e. The third-order valence-corrected chi connectivity index (χ3v) is 5.41. The van der Waals surface area contributed by atoms with Crippen molar-refractivity contribution >= 4 is 46.2 Å². The van der Waals surface area contributed by atoms with Crippen LogP contribution < -0.4 is 0 Å². The molecule has 0 saturated heterocycles. The van der Waals surface area contributed by atoms with E-state index in [1.54, 1.807) is 36.5 Å². The molecule has 2 aromatic carbocycles. The first-order valence-corrected chi connectivity index (χ1v) is 10.3. The van der Waals surface area contributed by atoms with Gasteiger partial charge in [0.15, 0.2) is 5.78 Å². The zero-order valence-electron chi connectivity index (χ0n) is 14.8. The predicted molar refractivity (Wildman–Crippen MR) is 114 cm³/mol. The van der Waals surface area contributed by atoms with Crippen LogP contribution in [0.25, 0.3) is 0 Å². The van der Waals surface area contributed by atoms with E-state index in [0.29, 0.717) is 37.8 Å². The van der Waals surface area contributed by atoms with E-state index in [9.17, 15) is 4.79 Å². The molecule has 9 heteroatoms. The molecule has 140 valence electrons. The summed E-state index contributed by atoms with van der Waals surface area (Å²) in [5, 5.41) is 21.1. The van der Waals surface area contributed by atoms with Crippen molar-refractivity contribution in [1.29, 1.82) is 0 Å². The maximum absolute atomic E-state index is 13.3. The van der Waals surface area contributed by atoms with E-state index in [1.165, 1.54) is 0 Å². The summed E-state index contributed by atoms with van der Waals surface area (Å²) in [4.78, 5) is 13.3. The summed E-state index contributed by atoms with van der Waals surface area (Å²) in [6.45, 7) is 1.83. The lowest BCUT2D eigenvalue weighted by Crippen LogP contribution is -2.37. The normalized spacial score (nSPS) is 18.0. The van der Waals surface area contributed by atoms with Crippen LogP contribution in [0, 0.1) is 6.92 Å². The zero-order valence-corrected chi connectivity index (χ0v) is 17.7.